The van der Waals surface area contributed by atoms with Crippen LogP contribution < -0.4 is 5.73 Å². The summed E-state index contributed by atoms with van der Waals surface area (Å²) in [6, 6.07) is 13.1. The molecule has 0 amide bonds. The maximum atomic E-state index is 12.5. The summed E-state index contributed by atoms with van der Waals surface area (Å²) >= 11 is 1.53. The molecule has 0 saturated carbocycles. The number of nitrogens with zero attached hydrogens (tertiary/aromatic N) is 3. The Morgan fingerprint density at radius 3 is 2.52 bits per heavy atom. The number of benzene rings is 1. The Balaban J connectivity index is 2.13. The Morgan fingerprint density at radius 1 is 1.07 bits per heavy atom. The molecule has 150 valence electrons. The van der Waals surface area contributed by atoms with Gasteiger partial charge < -0.3 is 15.3 Å². The first kappa shape index (κ1) is 20.5. The van der Waals surface area contributed by atoms with E-state index < -0.39 is 5.97 Å². The second-order valence-corrected chi connectivity index (χ2v) is 7.20. The zero-order chi connectivity index (χ0) is 20.8. The zero-order valence-corrected chi connectivity index (χ0v) is 17.3. The minimum Gasteiger partial charge on any atom is -0.462 e. The second-order valence-electron chi connectivity index (χ2n) is 6.00. The summed E-state index contributed by atoms with van der Waals surface area (Å²) in [5, 5.41) is 4.68. The highest BCUT2D eigenvalue weighted by Crippen LogP contribution is 2.34. The number of aryl methyl sites for hydroxylation is 1. The van der Waals surface area contributed by atoms with E-state index in [9.17, 15) is 4.79 Å². The number of amidine groups is 1. The predicted molar refractivity (Wildman–Crippen MR) is 114 cm³/mol. The van der Waals surface area contributed by atoms with E-state index in [1.807, 2.05) is 44.2 Å². The van der Waals surface area contributed by atoms with Gasteiger partial charge in [-0.25, -0.2) is 14.8 Å². The van der Waals surface area contributed by atoms with E-state index >= 15 is 0 Å². The molecule has 0 fully saturated rings. The number of hydrogen-bond donors (Lipinski definition) is 1. The molecule has 0 aliphatic heterocycles. The standard InChI is InChI=1S/C21H22N4O3S/c1-4-27-21(26)15-11-12-16(19(22)25-28-5-2)23-18(15)17-13(3)29-20(24-17)14-9-7-6-8-10-14/h6-12H,4-5H2,1-3H3,(H2,22,25). The summed E-state index contributed by atoms with van der Waals surface area (Å²) in [4.78, 5) is 27.8. The molecule has 0 atom stereocenters. The third-order valence-corrected chi connectivity index (χ3v) is 5.01. The van der Waals surface area contributed by atoms with Gasteiger partial charge in [0.1, 0.15) is 28.7 Å². The molecule has 3 rings (SSSR count). The van der Waals surface area contributed by atoms with Crippen molar-refractivity contribution in [3.05, 3.63) is 58.6 Å². The number of carbonyl (C=O) groups is 1. The lowest BCUT2D eigenvalue weighted by molar-refractivity contribution is 0.0527. The number of oxime groups is 1. The monoisotopic (exact) mass is 410 g/mol. The van der Waals surface area contributed by atoms with Gasteiger partial charge in [0, 0.05) is 10.4 Å². The van der Waals surface area contributed by atoms with Crippen molar-refractivity contribution in [1.29, 1.82) is 0 Å². The van der Waals surface area contributed by atoms with Crippen molar-refractivity contribution in [3.8, 4) is 22.0 Å². The van der Waals surface area contributed by atoms with E-state index in [1.54, 1.807) is 19.1 Å². The second kappa shape index (κ2) is 9.29. The molecular weight excluding hydrogens is 388 g/mol. The van der Waals surface area contributed by atoms with Crippen molar-refractivity contribution >= 4 is 23.1 Å². The lowest BCUT2D eigenvalue weighted by Gasteiger charge is -2.09. The Hall–Kier alpha value is -3.26. The Labute approximate surface area is 173 Å². The van der Waals surface area contributed by atoms with Crippen LogP contribution in [0.4, 0.5) is 0 Å². The lowest BCUT2D eigenvalue weighted by atomic mass is 10.1. The molecule has 1 aromatic carbocycles. The van der Waals surface area contributed by atoms with Crippen molar-refractivity contribution < 1.29 is 14.4 Å². The highest BCUT2D eigenvalue weighted by atomic mass is 32.1. The Kier molecular flexibility index (Phi) is 6.56. The number of aromatic nitrogens is 2. The van der Waals surface area contributed by atoms with Gasteiger partial charge in [0.15, 0.2) is 5.84 Å². The Morgan fingerprint density at radius 2 is 1.83 bits per heavy atom. The predicted octanol–water partition coefficient (Wildman–Crippen LogP) is 4.01. The van der Waals surface area contributed by atoms with E-state index in [4.69, 9.17) is 20.3 Å². The molecule has 0 aliphatic rings. The molecular formula is C21H22N4O3S. The van der Waals surface area contributed by atoms with Crippen LogP contribution in [-0.2, 0) is 9.57 Å². The molecule has 2 aromatic heterocycles. The summed E-state index contributed by atoms with van der Waals surface area (Å²) in [5.41, 5.74) is 8.72. The molecule has 0 spiro atoms. The van der Waals surface area contributed by atoms with Crippen molar-refractivity contribution in [2.24, 2.45) is 10.9 Å². The first-order chi connectivity index (χ1) is 14.0. The molecule has 8 heteroatoms. The van der Waals surface area contributed by atoms with Crippen LogP contribution in [0.25, 0.3) is 22.0 Å². The average molecular weight is 410 g/mol. The topological polar surface area (TPSA) is 99.7 Å². The van der Waals surface area contributed by atoms with Crippen LogP contribution >= 0.6 is 11.3 Å². The van der Waals surface area contributed by atoms with E-state index in [1.165, 1.54) is 11.3 Å². The van der Waals surface area contributed by atoms with Gasteiger partial charge in [0.25, 0.3) is 0 Å². The molecule has 0 saturated heterocycles. The fourth-order valence-corrected chi connectivity index (χ4v) is 3.58. The first-order valence-corrected chi connectivity index (χ1v) is 10.0. The number of thiazole rings is 1. The quantitative estimate of drug-likeness (QED) is 0.273. The number of esters is 1. The van der Waals surface area contributed by atoms with Crippen LogP contribution in [0.2, 0.25) is 0 Å². The molecule has 0 bridgehead atoms. The van der Waals surface area contributed by atoms with Crippen LogP contribution in [0.3, 0.4) is 0 Å². The maximum Gasteiger partial charge on any atom is 0.340 e. The number of pyridine rings is 1. The molecule has 3 aromatic rings. The van der Waals surface area contributed by atoms with Gasteiger partial charge in [-0.15, -0.1) is 11.3 Å². The van der Waals surface area contributed by atoms with Crippen LogP contribution in [0.15, 0.2) is 47.6 Å². The largest absolute Gasteiger partial charge is 0.462 e. The normalized spacial score (nSPS) is 11.3. The van der Waals surface area contributed by atoms with Crippen LogP contribution in [-0.4, -0.2) is 35.0 Å². The van der Waals surface area contributed by atoms with Gasteiger partial charge in [-0.2, -0.15) is 0 Å². The number of carbonyl (C=O) groups excluding carboxylic acids is 1. The minimum atomic E-state index is -0.462. The molecule has 2 N–H and O–H groups in total. The summed E-state index contributed by atoms with van der Waals surface area (Å²) in [6.45, 7) is 6.16. The highest BCUT2D eigenvalue weighted by Gasteiger charge is 2.22. The van der Waals surface area contributed by atoms with E-state index in [0.717, 1.165) is 15.4 Å². The molecule has 7 nitrogen and oxygen atoms in total. The van der Waals surface area contributed by atoms with Crippen molar-refractivity contribution in [1.82, 2.24) is 9.97 Å². The lowest BCUT2D eigenvalue weighted by Crippen LogP contribution is -2.18. The van der Waals surface area contributed by atoms with E-state index in [-0.39, 0.29) is 12.4 Å². The van der Waals surface area contributed by atoms with Gasteiger partial charge in [0.05, 0.1) is 12.2 Å². The SMILES string of the molecule is CCO/N=C(\N)c1ccc(C(=O)OCC)c(-c2nc(-c3ccccc3)sc2C)n1. The first-order valence-electron chi connectivity index (χ1n) is 9.22. The third-order valence-electron chi connectivity index (χ3n) is 3.99. The van der Waals surface area contributed by atoms with Crippen molar-refractivity contribution in [3.63, 3.8) is 0 Å². The van der Waals surface area contributed by atoms with Crippen molar-refractivity contribution in [2.45, 2.75) is 20.8 Å². The molecule has 2 heterocycles. The minimum absolute atomic E-state index is 0.125. The van der Waals surface area contributed by atoms with Crippen molar-refractivity contribution in [2.75, 3.05) is 13.2 Å². The average Bonchev–Trinajstić information content (AvgIpc) is 3.14. The summed E-state index contributed by atoms with van der Waals surface area (Å²) < 4.78 is 5.20. The van der Waals surface area contributed by atoms with Gasteiger partial charge in [-0.3, -0.25) is 0 Å². The van der Waals surface area contributed by atoms with Gasteiger partial charge in [0.2, 0.25) is 0 Å². The van der Waals surface area contributed by atoms with Gasteiger partial charge >= 0.3 is 5.97 Å². The number of rotatable bonds is 7. The molecule has 0 aliphatic carbocycles. The van der Waals surface area contributed by atoms with E-state index in [0.29, 0.717) is 29.3 Å². The number of nitrogens with two attached hydrogens (primary N) is 1. The number of hydrogen-bond acceptors (Lipinski definition) is 7. The Bertz CT molecular complexity index is 1030. The maximum absolute atomic E-state index is 12.5. The smallest absolute Gasteiger partial charge is 0.340 e. The molecule has 29 heavy (non-hydrogen) atoms. The molecule has 0 radical (unpaired) electrons. The fourth-order valence-electron chi connectivity index (χ4n) is 2.66. The summed E-state index contributed by atoms with van der Waals surface area (Å²) in [7, 11) is 0. The molecule has 0 unspecified atom stereocenters. The highest BCUT2D eigenvalue weighted by molar-refractivity contribution is 7.15. The van der Waals surface area contributed by atoms with Gasteiger partial charge in [-0.1, -0.05) is 35.5 Å². The number of ether oxygens (including phenoxy) is 1. The third kappa shape index (κ3) is 4.60. The summed E-state index contributed by atoms with van der Waals surface area (Å²) in [6.07, 6.45) is 0. The fraction of sp³-hybridized carbons (Fsp3) is 0.238. The van der Waals surface area contributed by atoms with Crippen LogP contribution in [0.1, 0.15) is 34.8 Å². The van der Waals surface area contributed by atoms with Crippen LogP contribution in [0.5, 0.6) is 0 Å². The summed E-state index contributed by atoms with van der Waals surface area (Å²) in [5.74, 6) is -0.338. The zero-order valence-electron chi connectivity index (χ0n) is 16.5. The van der Waals surface area contributed by atoms with Gasteiger partial charge in [-0.05, 0) is 32.9 Å². The van der Waals surface area contributed by atoms with E-state index in [2.05, 4.69) is 10.1 Å². The van der Waals surface area contributed by atoms with Crippen LogP contribution in [0, 0.1) is 6.92 Å².